The molecule has 2 amide bonds. The zero-order chi connectivity index (χ0) is 23.1. The van der Waals surface area contributed by atoms with Crippen LogP contribution in [0, 0.1) is 5.92 Å². The summed E-state index contributed by atoms with van der Waals surface area (Å²) in [5, 5.41) is 2.92. The summed E-state index contributed by atoms with van der Waals surface area (Å²) >= 11 is 0. The zero-order valence-corrected chi connectivity index (χ0v) is 18.2. The Kier molecular flexibility index (Phi) is 4.91. The first-order valence-electron chi connectivity index (χ1n) is 11.1. The molecule has 0 radical (unpaired) electrons. The molecule has 6 rings (SSSR count). The van der Waals surface area contributed by atoms with E-state index < -0.39 is 5.92 Å². The van der Waals surface area contributed by atoms with Crippen molar-refractivity contribution in [2.45, 2.75) is 6.42 Å². The maximum atomic E-state index is 12.9. The van der Waals surface area contributed by atoms with Crippen molar-refractivity contribution in [2.24, 2.45) is 5.92 Å². The molecular formula is C26H21N3O5. The van der Waals surface area contributed by atoms with Crippen LogP contribution in [-0.4, -0.2) is 36.6 Å². The van der Waals surface area contributed by atoms with Crippen molar-refractivity contribution in [3.63, 3.8) is 0 Å². The summed E-state index contributed by atoms with van der Waals surface area (Å²) in [6, 6.07) is 20.3. The minimum absolute atomic E-state index is 0.0943. The van der Waals surface area contributed by atoms with Crippen LogP contribution in [0.2, 0.25) is 0 Å². The van der Waals surface area contributed by atoms with Gasteiger partial charge in [-0.15, -0.1) is 0 Å². The predicted molar refractivity (Wildman–Crippen MR) is 126 cm³/mol. The Morgan fingerprint density at radius 3 is 2.59 bits per heavy atom. The van der Waals surface area contributed by atoms with Gasteiger partial charge in [-0.3, -0.25) is 9.59 Å². The number of carbonyl (C=O) groups excluding carboxylic acids is 2. The average molecular weight is 455 g/mol. The molecule has 3 heterocycles. The normalized spacial score (nSPS) is 17.2. The number of hydrogen-bond donors (Lipinski definition) is 1. The first-order chi connectivity index (χ1) is 16.6. The van der Waals surface area contributed by atoms with Gasteiger partial charge in [0, 0.05) is 36.0 Å². The van der Waals surface area contributed by atoms with Gasteiger partial charge >= 0.3 is 0 Å². The second kappa shape index (κ2) is 8.22. The molecule has 0 saturated carbocycles. The first kappa shape index (κ1) is 20.3. The Morgan fingerprint density at radius 2 is 1.76 bits per heavy atom. The summed E-state index contributed by atoms with van der Waals surface area (Å²) in [5.41, 5.74) is 3.68. The molecule has 34 heavy (non-hydrogen) atoms. The van der Waals surface area contributed by atoms with Gasteiger partial charge < -0.3 is 24.1 Å². The molecule has 170 valence electrons. The monoisotopic (exact) mass is 455 g/mol. The van der Waals surface area contributed by atoms with Crippen LogP contribution in [0.15, 0.2) is 71.1 Å². The summed E-state index contributed by atoms with van der Waals surface area (Å²) in [6.45, 7) is 1.29. The Bertz CT molecular complexity index is 1360. The number of nitrogens with one attached hydrogen (secondary N) is 1. The molecule has 0 spiro atoms. The number of amides is 2. The Hall–Kier alpha value is -4.33. The van der Waals surface area contributed by atoms with Gasteiger partial charge in [0.25, 0.3) is 0 Å². The fourth-order valence-corrected chi connectivity index (χ4v) is 4.27. The molecule has 1 saturated heterocycles. The molecule has 8 heteroatoms. The molecule has 3 aromatic carbocycles. The highest BCUT2D eigenvalue weighted by molar-refractivity contribution is 6.03. The van der Waals surface area contributed by atoms with E-state index in [-0.39, 0.29) is 18.2 Å². The minimum atomic E-state index is -0.447. The van der Waals surface area contributed by atoms with Crippen LogP contribution in [-0.2, 0) is 9.59 Å². The number of fused-ring (bicyclic) bond motifs is 2. The van der Waals surface area contributed by atoms with Crippen LogP contribution in [0.1, 0.15) is 6.42 Å². The first-order valence-corrected chi connectivity index (χ1v) is 11.1. The van der Waals surface area contributed by atoms with Crippen LogP contribution >= 0.6 is 0 Å². The second-order valence-corrected chi connectivity index (χ2v) is 8.29. The standard InChI is InChI=1S/C26H21N3O5/c30-24-13-17(15-29(24)19-9-10-22-23(14-19)33-12-11-32-22)25(31)27-18-7-5-16(6-8-18)26-28-20-3-1-2-4-21(20)34-26/h1-10,14,17H,11-13,15H2,(H,27,31). The number of ether oxygens (including phenoxy) is 2. The van der Waals surface area contributed by atoms with Crippen molar-refractivity contribution >= 4 is 34.3 Å². The summed E-state index contributed by atoms with van der Waals surface area (Å²) in [6.07, 6.45) is 0.154. The number of benzene rings is 3. The van der Waals surface area contributed by atoms with Gasteiger partial charge in [0.1, 0.15) is 18.7 Å². The lowest BCUT2D eigenvalue weighted by molar-refractivity contribution is -0.122. The van der Waals surface area contributed by atoms with Gasteiger partial charge in [-0.05, 0) is 48.5 Å². The summed E-state index contributed by atoms with van der Waals surface area (Å²) in [5.74, 6) is 1.07. The van der Waals surface area contributed by atoms with Crippen molar-refractivity contribution in [1.82, 2.24) is 4.98 Å². The molecular weight excluding hydrogens is 434 g/mol. The maximum Gasteiger partial charge on any atom is 0.229 e. The number of rotatable bonds is 4. The molecule has 8 nitrogen and oxygen atoms in total. The van der Waals surface area contributed by atoms with E-state index in [9.17, 15) is 9.59 Å². The van der Waals surface area contributed by atoms with E-state index in [2.05, 4.69) is 10.3 Å². The molecule has 1 unspecified atom stereocenters. The molecule has 1 atom stereocenters. The smallest absolute Gasteiger partial charge is 0.229 e. The number of oxazole rings is 1. The number of nitrogens with zero attached hydrogens (tertiary/aromatic N) is 2. The van der Waals surface area contributed by atoms with Gasteiger partial charge in [-0.1, -0.05) is 12.1 Å². The highest BCUT2D eigenvalue weighted by Crippen LogP contribution is 2.36. The zero-order valence-electron chi connectivity index (χ0n) is 18.2. The lowest BCUT2D eigenvalue weighted by Gasteiger charge is -2.22. The van der Waals surface area contributed by atoms with Crippen LogP contribution in [0.3, 0.4) is 0 Å². The molecule has 4 aromatic rings. The fourth-order valence-electron chi connectivity index (χ4n) is 4.27. The minimum Gasteiger partial charge on any atom is -0.486 e. The fraction of sp³-hybridized carbons (Fsp3) is 0.192. The van der Waals surface area contributed by atoms with Gasteiger partial charge in [-0.25, -0.2) is 4.98 Å². The lowest BCUT2D eigenvalue weighted by atomic mass is 10.1. The quantitative estimate of drug-likeness (QED) is 0.494. The molecule has 1 fully saturated rings. The maximum absolute atomic E-state index is 12.9. The van der Waals surface area contributed by atoms with E-state index >= 15 is 0 Å². The Morgan fingerprint density at radius 1 is 0.971 bits per heavy atom. The van der Waals surface area contributed by atoms with Gasteiger partial charge in [0.15, 0.2) is 17.1 Å². The van der Waals surface area contributed by atoms with E-state index in [4.69, 9.17) is 13.9 Å². The molecule has 1 N–H and O–H groups in total. The highest BCUT2D eigenvalue weighted by Gasteiger charge is 2.35. The second-order valence-electron chi connectivity index (χ2n) is 8.29. The molecule has 0 bridgehead atoms. The van der Waals surface area contributed by atoms with Gasteiger partial charge in [0.05, 0.1) is 5.92 Å². The number of hydrogen-bond acceptors (Lipinski definition) is 6. The Balaban J connectivity index is 1.13. The van der Waals surface area contributed by atoms with Crippen molar-refractivity contribution in [3.8, 4) is 23.0 Å². The third-order valence-corrected chi connectivity index (χ3v) is 6.03. The SMILES string of the molecule is O=C(Nc1ccc(-c2nc3ccccc3o2)cc1)C1CC(=O)N(c2ccc3c(c2)OCCO3)C1. The van der Waals surface area contributed by atoms with E-state index in [1.165, 1.54) is 0 Å². The van der Waals surface area contributed by atoms with Crippen molar-refractivity contribution in [2.75, 3.05) is 30.0 Å². The third kappa shape index (κ3) is 3.73. The van der Waals surface area contributed by atoms with E-state index in [0.717, 1.165) is 16.7 Å². The molecule has 0 aliphatic carbocycles. The summed E-state index contributed by atoms with van der Waals surface area (Å²) < 4.78 is 17.0. The largest absolute Gasteiger partial charge is 0.486 e. The van der Waals surface area contributed by atoms with Crippen LogP contribution in [0.4, 0.5) is 11.4 Å². The molecule has 2 aliphatic rings. The van der Waals surface area contributed by atoms with Crippen molar-refractivity contribution in [3.05, 3.63) is 66.7 Å². The lowest BCUT2D eigenvalue weighted by Crippen LogP contribution is -2.28. The van der Waals surface area contributed by atoms with Crippen LogP contribution in [0.5, 0.6) is 11.5 Å². The van der Waals surface area contributed by atoms with Gasteiger partial charge in [0.2, 0.25) is 17.7 Å². The summed E-state index contributed by atoms with van der Waals surface area (Å²) in [4.78, 5) is 31.6. The predicted octanol–water partition coefficient (Wildman–Crippen LogP) is 4.26. The molecule has 2 aliphatic heterocycles. The Labute approximate surface area is 195 Å². The average Bonchev–Trinajstić information content (AvgIpc) is 3.48. The van der Waals surface area contributed by atoms with Crippen LogP contribution in [0.25, 0.3) is 22.6 Å². The number of carbonyl (C=O) groups is 2. The van der Waals surface area contributed by atoms with Crippen LogP contribution < -0.4 is 19.7 Å². The summed E-state index contributed by atoms with van der Waals surface area (Å²) in [7, 11) is 0. The third-order valence-electron chi connectivity index (χ3n) is 6.03. The van der Waals surface area contributed by atoms with E-state index in [1.54, 1.807) is 29.2 Å². The van der Waals surface area contributed by atoms with E-state index in [0.29, 0.717) is 48.5 Å². The number of para-hydroxylation sites is 2. The van der Waals surface area contributed by atoms with Gasteiger partial charge in [-0.2, -0.15) is 0 Å². The molecule has 1 aromatic heterocycles. The van der Waals surface area contributed by atoms with Crippen molar-refractivity contribution in [1.29, 1.82) is 0 Å². The van der Waals surface area contributed by atoms with E-state index in [1.807, 2.05) is 42.5 Å². The highest BCUT2D eigenvalue weighted by atomic mass is 16.6. The number of aromatic nitrogens is 1. The topological polar surface area (TPSA) is 93.9 Å². The number of anilines is 2. The van der Waals surface area contributed by atoms with Crippen molar-refractivity contribution < 1.29 is 23.5 Å².